The highest BCUT2D eigenvalue weighted by molar-refractivity contribution is 9.10. The lowest BCUT2D eigenvalue weighted by Gasteiger charge is -2.24. The van der Waals surface area contributed by atoms with E-state index in [2.05, 4.69) is 40.2 Å². The minimum atomic E-state index is -0.125. The van der Waals surface area contributed by atoms with E-state index in [-0.39, 0.29) is 12.0 Å². The van der Waals surface area contributed by atoms with Crippen LogP contribution in [0.2, 0.25) is 5.02 Å². The molecule has 0 spiro atoms. The summed E-state index contributed by atoms with van der Waals surface area (Å²) in [5, 5.41) is 0.377. The van der Waals surface area contributed by atoms with Crippen molar-refractivity contribution in [2.24, 2.45) is 5.92 Å². The minimum Gasteiger partial charge on any atom is -0.496 e. The Hall–Kier alpha value is -3.03. The highest BCUT2D eigenvalue weighted by Gasteiger charge is 2.24. The number of fused-ring (bicyclic) bond motifs is 1. The van der Waals surface area contributed by atoms with Gasteiger partial charge in [0.1, 0.15) is 17.1 Å². The molecule has 0 saturated carbocycles. The molecular formula is C31H35BrClN3O3. The number of benzene rings is 2. The van der Waals surface area contributed by atoms with Gasteiger partial charge in [0, 0.05) is 29.2 Å². The maximum atomic E-state index is 13.9. The molecule has 2 aromatic heterocycles. The molecule has 4 aromatic rings. The molecule has 0 unspecified atom stereocenters. The molecule has 2 heterocycles. The average molecular weight is 613 g/mol. The normalized spacial score (nSPS) is 11.4. The van der Waals surface area contributed by atoms with Gasteiger partial charge in [-0.2, -0.15) is 0 Å². The Bertz CT molecular complexity index is 1450. The number of carbonyl (C=O) groups excluding carboxylic acids is 1. The van der Waals surface area contributed by atoms with Crippen molar-refractivity contribution in [3.8, 4) is 11.5 Å². The van der Waals surface area contributed by atoms with Crippen LogP contribution in [0.4, 0.5) is 0 Å². The first-order valence-corrected chi connectivity index (χ1v) is 14.4. The molecule has 0 fully saturated rings. The van der Waals surface area contributed by atoms with E-state index in [0.29, 0.717) is 41.8 Å². The van der Waals surface area contributed by atoms with Crippen molar-refractivity contribution in [3.63, 3.8) is 0 Å². The second-order valence-electron chi connectivity index (χ2n) is 10.3. The van der Waals surface area contributed by atoms with Crippen molar-refractivity contribution in [2.45, 2.75) is 53.2 Å². The summed E-state index contributed by atoms with van der Waals surface area (Å²) in [4.78, 5) is 20.7. The van der Waals surface area contributed by atoms with E-state index in [9.17, 15) is 4.79 Å². The molecule has 0 aliphatic rings. The second kappa shape index (κ2) is 12.9. The molecule has 0 N–H and O–H groups in total. The Morgan fingerprint density at radius 3 is 2.59 bits per heavy atom. The largest absolute Gasteiger partial charge is 0.496 e. The van der Waals surface area contributed by atoms with Crippen LogP contribution in [0.3, 0.4) is 0 Å². The zero-order valence-electron chi connectivity index (χ0n) is 23.1. The van der Waals surface area contributed by atoms with E-state index in [0.717, 1.165) is 39.2 Å². The van der Waals surface area contributed by atoms with Gasteiger partial charge in [0.2, 0.25) is 0 Å². The number of methoxy groups -OCH3 is 1. The van der Waals surface area contributed by atoms with E-state index in [1.807, 2.05) is 55.3 Å². The van der Waals surface area contributed by atoms with Gasteiger partial charge in [-0.1, -0.05) is 47.4 Å². The predicted octanol–water partition coefficient (Wildman–Crippen LogP) is 7.83. The topological polar surface area (TPSA) is 56.1 Å². The van der Waals surface area contributed by atoms with Crippen LogP contribution in [-0.2, 0) is 13.0 Å². The lowest BCUT2D eigenvalue weighted by Crippen LogP contribution is -2.33. The van der Waals surface area contributed by atoms with E-state index >= 15 is 0 Å². The number of hydrogen-bond donors (Lipinski definition) is 0. The SMILES string of the molecule is COc1ccc(Br)cc1Cc1c(CN(CCC(C)C)C(=O)c2ccc(OC(C)C)cc2Cl)nc2ccccn12. The Morgan fingerprint density at radius 1 is 1.10 bits per heavy atom. The number of hydrogen-bond acceptors (Lipinski definition) is 4. The molecular weight excluding hydrogens is 578 g/mol. The first kappa shape index (κ1) is 29.0. The van der Waals surface area contributed by atoms with Crippen LogP contribution < -0.4 is 9.47 Å². The van der Waals surface area contributed by atoms with Crippen LogP contribution in [0, 0.1) is 5.92 Å². The fourth-order valence-corrected chi connectivity index (χ4v) is 5.17. The van der Waals surface area contributed by atoms with Crippen LogP contribution in [0.1, 0.15) is 61.4 Å². The lowest BCUT2D eigenvalue weighted by molar-refractivity contribution is 0.0733. The van der Waals surface area contributed by atoms with Gasteiger partial charge in [0.15, 0.2) is 0 Å². The van der Waals surface area contributed by atoms with Crippen molar-refractivity contribution in [2.75, 3.05) is 13.7 Å². The highest BCUT2D eigenvalue weighted by Crippen LogP contribution is 2.29. The molecule has 0 radical (unpaired) electrons. The molecule has 0 atom stereocenters. The van der Waals surface area contributed by atoms with Crippen LogP contribution in [0.15, 0.2) is 65.3 Å². The first-order chi connectivity index (χ1) is 18.7. The summed E-state index contributed by atoms with van der Waals surface area (Å²) in [5.41, 5.74) is 4.17. The molecule has 8 heteroatoms. The summed E-state index contributed by atoms with van der Waals surface area (Å²) in [5.74, 6) is 1.76. The molecule has 2 aromatic carbocycles. The molecule has 4 rings (SSSR count). The number of aromatic nitrogens is 2. The van der Waals surface area contributed by atoms with E-state index in [4.69, 9.17) is 26.1 Å². The van der Waals surface area contributed by atoms with Gasteiger partial charge in [0.05, 0.1) is 41.7 Å². The summed E-state index contributed by atoms with van der Waals surface area (Å²) in [7, 11) is 1.68. The number of amides is 1. The number of nitrogens with zero attached hydrogens (tertiary/aromatic N) is 3. The third-order valence-corrected chi connectivity index (χ3v) is 7.27. The molecule has 39 heavy (non-hydrogen) atoms. The minimum absolute atomic E-state index is 0.0162. The fourth-order valence-electron chi connectivity index (χ4n) is 4.51. The van der Waals surface area contributed by atoms with Crippen LogP contribution in [0.5, 0.6) is 11.5 Å². The van der Waals surface area contributed by atoms with Gasteiger partial charge in [-0.15, -0.1) is 0 Å². The molecule has 206 valence electrons. The first-order valence-electron chi connectivity index (χ1n) is 13.2. The summed E-state index contributed by atoms with van der Waals surface area (Å²) in [6.45, 7) is 9.17. The number of imidazole rings is 1. The summed E-state index contributed by atoms with van der Waals surface area (Å²) < 4.78 is 14.5. The highest BCUT2D eigenvalue weighted by atomic mass is 79.9. The van der Waals surface area contributed by atoms with Crippen LogP contribution in [-0.4, -0.2) is 40.0 Å². The summed E-state index contributed by atoms with van der Waals surface area (Å²) in [6.07, 6.45) is 3.48. The van der Waals surface area contributed by atoms with Crippen molar-refractivity contribution < 1.29 is 14.3 Å². The van der Waals surface area contributed by atoms with Crippen molar-refractivity contribution >= 4 is 39.1 Å². The second-order valence-corrected chi connectivity index (χ2v) is 11.6. The zero-order valence-corrected chi connectivity index (χ0v) is 25.4. The number of ether oxygens (including phenoxy) is 2. The van der Waals surface area contributed by atoms with Crippen LogP contribution in [0.25, 0.3) is 5.65 Å². The standard InChI is InChI=1S/C31H35BrClN3O3/c1-20(2)13-15-35(31(37)25-11-10-24(18-26(25)33)39-21(3)4)19-27-28(36-14-7-6-8-30(36)34-27)17-22-16-23(32)9-12-29(22)38-5/h6-12,14,16,18,20-21H,13,15,17,19H2,1-5H3. The zero-order chi connectivity index (χ0) is 28.1. The summed E-state index contributed by atoms with van der Waals surface area (Å²) in [6, 6.07) is 17.2. The fraction of sp³-hybridized carbons (Fsp3) is 0.355. The molecule has 0 bridgehead atoms. The molecule has 0 aliphatic carbocycles. The third-order valence-electron chi connectivity index (χ3n) is 6.46. The monoisotopic (exact) mass is 611 g/mol. The van der Waals surface area contributed by atoms with Crippen molar-refractivity contribution in [3.05, 3.63) is 92.8 Å². The van der Waals surface area contributed by atoms with E-state index in [1.165, 1.54) is 0 Å². The maximum Gasteiger partial charge on any atom is 0.255 e. The van der Waals surface area contributed by atoms with Gasteiger partial charge in [-0.3, -0.25) is 4.79 Å². The Morgan fingerprint density at radius 2 is 1.90 bits per heavy atom. The predicted molar refractivity (Wildman–Crippen MR) is 160 cm³/mol. The van der Waals surface area contributed by atoms with Gasteiger partial charge in [-0.05, 0) is 74.7 Å². The van der Waals surface area contributed by atoms with Gasteiger partial charge in [-0.25, -0.2) is 4.98 Å². The number of halogens is 2. The number of rotatable bonds is 11. The Kier molecular flexibility index (Phi) is 9.57. The van der Waals surface area contributed by atoms with Crippen molar-refractivity contribution in [1.29, 1.82) is 0 Å². The Labute approximate surface area is 244 Å². The van der Waals surface area contributed by atoms with Gasteiger partial charge < -0.3 is 18.8 Å². The van der Waals surface area contributed by atoms with Gasteiger partial charge in [0.25, 0.3) is 5.91 Å². The van der Waals surface area contributed by atoms with Crippen molar-refractivity contribution in [1.82, 2.24) is 14.3 Å². The number of carbonyl (C=O) groups is 1. The Balaban J connectivity index is 1.72. The molecule has 0 saturated heterocycles. The lowest BCUT2D eigenvalue weighted by atomic mass is 10.1. The molecule has 6 nitrogen and oxygen atoms in total. The quantitative estimate of drug-likeness (QED) is 0.173. The van der Waals surface area contributed by atoms with E-state index in [1.54, 1.807) is 25.3 Å². The van der Waals surface area contributed by atoms with E-state index < -0.39 is 0 Å². The molecule has 0 aliphatic heterocycles. The average Bonchev–Trinajstić information content (AvgIpc) is 3.22. The smallest absolute Gasteiger partial charge is 0.255 e. The third kappa shape index (κ3) is 7.14. The number of pyridine rings is 1. The summed E-state index contributed by atoms with van der Waals surface area (Å²) >= 11 is 10.2. The molecule has 1 amide bonds. The maximum absolute atomic E-state index is 13.9. The van der Waals surface area contributed by atoms with Crippen LogP contribution >= 0.6 is 27.5 Å². The van der Waals surface area contributed by atoms with Gasteiger partial charge >= 0.3 is 0 Å².